The number of rotatable bonds is 6. The lowest BCUT2D eigenvalue weighted by molar-refractivity contribution is 0.524. The molecule has 98 valence electrons. The molecular formula is C11H16BrN5S. The maximum absolute atomic E-state index is 4.05. The third-order valence-electron chi connectivity index (χ3n) is 2.37. The van der Waals surface area contributed by atoms with Crippen molar-refractivity contribution in [1.29, 1.82) is 0 Å². The molecule has 0 saturated carbocycles. The van der Waals surface area contributed by atoms with E-state index in [-0.39, 0.29) is 0 Å². The molecule has 0 bridgehead atoms. The summed E-state index contributed by atoms with van der Waals surface area (Å²) in [5, 5.41) is 17.2. The number of nitrogens with zero attached hydrogens (tertiary/aromatic N) is 4. The molecule has 0 aliphatic rings. The SMILES string of the molecule is CC(C)CNCc1nnnn1Cc1cc(Br)cs1. The first-order valence-corrected chi connectivity index (χ1v) is 7.51. The molecule has 2 aromatic rings. The maximum atomic E-state index is 4.05. The molecule has 1 N–H and O–H groups in total. The van der Waals surface area contributed by atoms with E-state index in [9.17, 15) is 0 Å². The summed E-state index contributed by atoms with van der Waals surface area (Å²) in [4.78, 5) is 1.24. The number of thiophene rings is 1. The number of halogens is 1. The van der Waals surface area contributed by atoms with Gasteiger partial charge in [-0.1, -0.05) is 13.8 Å². The van der Waals surface area contributed by atoms with Crippen molar-refractivity contribution < 1.29 is 0 Å². The molecule has 0 aliphatic heterocycles. The van der Waals surface area contributed by atoms with Crippen molar-refractivity contribution in [3.8, 4) is 0 Å². The molecule has 0 saturated heterocycles. The number of tetrazole rings is 1. The van der Waals surface area contributed by atoms with Crippen LogP contribution < -0.4 is 5.32 Å². The van der Waals surface area contributed by atoms with Crippen molar-refractivity contribution >= 4 is 27.3 Å². The van der Waals surface area contributed by atoms with E-state index in [1.54, 1.807) is 11.3 Å². The van der Waals surface area contributed by atoms with Crippen LogP contribution in [0.3, 0.4) is 0 Å². The van der Waals surface area contributed by atoms with Gasteiger partial charge in [0.15, 0.2) is 5.82 Å². The van der Waals surface area contributed by atoms with Crippen molar-refractivity contribution in [2.75, 3.05) is 6.54 Å². The van der Waals surface area contributed by atoms with Crippen LogP contribution in [0.25, 0.3) is 0 Å². The lowest BCUT2D eigenvalue weighted by Crippen LogP contribution is -2.21. The second kappa shape index (κ2) is 6.40. The van der Waals surface area contributed by atoms with Crippen LogP contribution in [0.4, 0.5) is 0 Å². The number of nitrogens with one attached hydrogen (secondary N) is 1. The van der Waals surface area contributed by atoms with Gasteiger partial charge in [-0.3, -0.25) is 0 Å². The number of hydrogen-bond acceptors (Lipinski definition) is 5. The first kappa shape index (κ1) is 13.6. The molecule has 18 heavy (non-hydrogen) atoms. The Labute approximate surface area is 119 Å². The fourth-order valence-corrected chi connectivity index (χ4v) is 2.96. The molecule has 2 rings (SSSR count). The van der Waals surface area contributed by atoms with E-state index in [0.29, 0.717) is 12.5 Å². The number of aromatic nitrogens is 4. The average Bonchev–Trinajstić information content (AvgIpc) is 2.89. The summed E-state index contributed by atoms with van der Waals surface area (Å²) in [6.45, 7) is 6.76. The normalized spacial score (nSPS) is 11.3. The summed E-state index contributed by atoms with van der Waals surface area (Å²) in [6.07, 6.45) is 0. The van der Waals surface area contributed by atoms with Gasteiger partial charge in [-0.15, -0.1) is 16.4 Å². The van der Waals surface area contributed by atoms with Gasteiger partial charge in [0.2, 0.25) is 0 Å². The third-order valence-corrected chi connectivity index (χ3v) is 4.05. The Hall–Kier alpha value is -0.790. The highest BCUT2D eigenvalue weighted by Crippen LogP contribution is 2.20. The molecular weight excluding hydrogens is 314 g/mol. The molecule has 5 nitrogen and oxygen atoms in total. The molecule has 0 fully saturated rings. The van der Waals surface area contributed by atoms with Crippen LogP contribution in [-0.2, 0) is 13.1 Å². The van der Waals surface area contributed by atoms with Crippen LogP contribution in [0.5, 0.6) is 0 Å². The zero-order valence-electron chi connectivity index (χ0n) is 10.4. The summed E-state index contributed by atoms with van der Waals surface area (Å²) in [6, 6.07) is 2.09. The van der Waals surface area contributed by atoms with Gasteiger partial charge in [-0.2, -0.15) is 0 Å². The molecule has 0 spiro atoms. The maximum Gasteiger partial charge on any atom is 0.165 e. The average molecular weight is 330 g/mol. The van der Waals surface area contributed by atoms with Crippen molar-refractivity contribution in [2.45, 2.75) is 26.9 Å². The molecule has 0 aromatic carbocycles. The topological polar surface area (TPSA) is 55.6 Å². The monoisotopic (exact) mass is 329 g/mol. The van der Waals surface area contributed by atoms with Crippen LogP contribution in [0.2, 0.25) is 0 Å². The second-order valence-electron chi connectivity index (χ2n) is 4.51. The predicted octanol–water partition coefficient (Wildman–Crippen LogP) is 2.29. The quantitative estimate of drug-likeness (QED) is 0.883. The first-order chi connectivity index (χ1) is 8.65. The Morgan fingerprint density at radius 2 is 2.33 bits per heavy atom. The Morgan fingerprint density at radius 1 is 1.50 bits per heavy atom. The second-order valence-corrected chi connectivity index (χ2v) is 6.42. The minimum absolute atomic E-state index is 0.627. The van der Waals surface area contributed by atoms with Crippen molar-refractivity contribution in [2.24, 2.45) is 5.92 Å². The summed E-state index contributed by atoms with van der Waals surface area (Å²) < 4.78 is 2.95. The first-order valence-electron chi connectivity index (χ1n) is 5.84. The standard InChI is InChI=1S/C11H16BrN5S/c1-8(2)4-13-5-11-14-15-16-17(11)6-10-3-9(12)7-18-10/h3,7-8,13H,4-6H2,1-2H3. The lowest BCUT2D eigenvalue weighted by atomic mass is 10.2. The molecule has 0 unspecified atom stereocenters. The molecule has 2 aromatic heterocycles. The minimum atomic E-state index is 0.627. The highest BCUT2D eigenvalue weighted by Gasteiger charge is 2.07. The van der Waals surface area contributed by atoms with E-state index in [1.807, 2.05) is 4.68 Å². The van der Waals surface area contributed by atoms with E-state index in [0.717, 1.165) is 23.4 Å². The van der Waals surface area contributed by atoms with Gasteiger partial charge in [0.05, 0.1) is 13.1 Å². The van der Waals surface area contributed by atoms with E-state index in [2.05, 4.69) is 62.1 Å². The van der Waals surface area contributed by atoms with Crippen LogP contribution >= 0.6 is 27.3 Å². The predicted molar refractivity (Wildman–Crippen MR) is 75.5 cm³/mol. The lowest BCUT2D eigenvalue weighted by Gasteiger charge is -2.07. The molecule has 0 radical (unpaired) electrons. The van der Waals surface area contributed by atoms with E-state index in [1.165, 1.54) is 4.88 Å². The van der Waals surface area contributed by atoms with Crippen LogP contribution in [0.1, 0.15) is 24.5 Å². The molecule has 2 heterocycles. The Balaban J connectivity index is 1.95. The van der Waals surface area contributed by atoms with Gasteiger partial charge in [0, 0.05) is 14.7 Å². The Kier molecular flexibility index (Phi) is 4.85. The van der Waals surface area contributed by atoms with Gasteiger partial charge in [-0.05, 0) is 44.9 Å². The van der Waals surface area contributed by atoms with Crippen LogP contribution in [0, 0.1) is 5.92 Å². The minimum Gasteiger partial charge on any atom is -0.310 e. The molecule has 0 atom stereocenters. The Morgan fingerprint density at radius 3 is 3.00 bits per heavy atom. The smallest absolute Gasteiger partial charge is 0.165 e. The highest BCUT2D eigenvalue weighted by atomic mass is 79.9. The van der Waals surface area contributed by atoms with Gasteiger partial charge in [0.25, 0.3) is 0 Å². The highest BCUT2D eigenvalue weighted by molar-refractivity contribution is 9.10. The zero-order chi connectivity index (χ0) is 13.0. The van der Waals surface area contributed by atoms with Gasteiger partial charge < -0.3 is 5.32 Å². The van der Waals surface area contributed by atoms with Gasteiger partial charge in [-0.25, -0.2) is 4.68 Å². The summed E-state index contributed by atoms with van der Waals surface area (Å²) >= 11 is 5.15. The van der Waals surface area contributed by atoms with Crippen LogP contribution in [-0.4, -0.2) is 26.8 Å². The van der Waals surface area contributed by atoms with E-state index in [4.69, 9.17) is 0 Å². The molecule has 7 heteroatoms. The zero-order valence-corrected chi connectivity index (χ0v) is 12.8. The summed E-state index contributed by atoms with van der Waals surface area (Å²) in [7, 11) is 0. The summed E-state index contributed by atoms with van der Waals surface area (Å²) in [5.74, 6) is 1.50. The van der Waals surface area contributed by atoms with Gasteiger partial charge in [0.1, 0.15) is 0 Å². The fraction of sp³-hybridized carbons (Fsp3) is 0.545. The largest absolute Gasteiger partial charge is 0.310 e. The summed E-state index contributed by atoms with van der Waals surface area (Å²) in [5.41, 5.74) is 0. The van der Waals surface area contributed by atoms with Crippen molar-refractivity contribution in [1.82, 2.24) is 25.5 Å². The number of hydrogen-bond donors (Lipinski definition) is 1. The van der Waals surface area contributed by atoms with Gasteiger partial charge >= 0.3 is 0 Å². The van der Waals surface area contributed by atoms with E-state index >= 15 is 0 Å². The van der Waals surface area contributed by atoms with E-state index < -0.39 is 0 Å². The van der Waals surface area contributed by atoms with Crippen molar-refractivity contribution in [3.63, 3.8) is 0 Å². The van der Waals surface area contributed by atoms with Crippen LogP contribution in [0.15, 0.2) is 15.9 Å². The molecule has 0 aliphatic carbocycles. The third kappa shape index (κ3) is 3.86. The Bertz CT molecular complexity index is 493. The fourth-order valence-electron chi connectivity index (χ4n) is 1.53. The molecule has 0 amide bonds. The van der Waals surface area contributed by atoms with Crippen molar-refractivity contribution in [3.05, 3.63) is 26.6 Å².